The van der Waals surface area contributed by atoms with Gasteiger partial charge >= 0.3 is 0 Å². The Bertz CT molecular complexity index is 4280. The maximum Gasteiger partial charge on any atom is 0.238 e. The fourth-order valence-corrected chi connectivity index (χ4v) is 10.6. The Hall–Kier alpha value is -9.39. The molecule has 14 aromatic rings. The summed E-state index contributed by atoms with van der Waals surface area (Å²) in [7, 11) is 0. The molecule has 0 radical (unpaired) electrons. The van der Waals surface area contributed by atoms with Gasteiger partial charge in [-0.1, -0.05) is 194 Å². The predicted molar refractivity (Wildman–Crippen MR) is 285 cm³/mol. The lowest BCUT2D eigenvalue weighted by Gasteiger charge is -2.17. The lowest BCUT2D eigenvalue weighted by molar-refractivity contribution is 0.953. The molecule has 0 atom stereocenters. The number of benzene rings is 10. The van der Waals surface area contributed by atoms with E-state index in [0.29, 0.717) is 17.6 Å². The summed E-state index contributed by atoms with van der Waals surface area (Å²) in [5.74, 6) is 1.75. The first-order valence-corrected chi connectivity index (χ1v) is 23.4. The van der Waals surface area contributed by atoms with Crippen LogP contribution >= 0.6 is 0 Å². The van der Waals surface area contributed by atoms with Crippen LogP contribution in [0.15, 0.2) is 243 Å². The molecule has 0 saturated carbocycles. The van der Waals surface area contributed by atoms with Gasteiger partial charge in [0, 0.05) is 54.7 Å². The van der Waals surface area contributed by atoms with Crippen molar-refractivity contribution in [3.05, 3.63) is 243 Å². The van der Waals surface area contributed by atoms with Crippen molar-refractivity contribution in [2.24, 2.45) is 0 Å². The van der Waals surface area contributed by atoms with Crippen LogP contribution in [-0.4, -0.2) is 28.7 Å². The number of para-hydroxylation sites is 4. The fraction of sp³-hybridized carbons (Fsp3) is 0. The van der Waals surface area contributed by atoms with Crippen LogP contribution < -0.4 is 0 Å². The van der Waals surface area contributed by atoms with Crippen LogP contribution in [0, 0.1) is 0 Å². The lowest BCUT2D eigenvalue weighted by Crippen LogP contribution is -2.07. The second kappa shape index (κ2) is 15.6. The van der Waals surface area contributed by atoms with Gasteiger partial charge in [0.25, 0.3) is 0 Å². The van der Waals surface area contributed by atoms with Gasteiger partial charge in [-0.2, -0.15) is 9.97 Å². The predicted octanol–water partition coefficient (Wildman–Crippen LogP) is 15.8. The van der Waals surface area contributed by atoms with E-state index in [1.165, 1.54) is 10.8 Å². The third-order valence-electron chi connectivity index (χ3n) is 13.7. The zero-order valence-electron chi connectivity index (χ0n) is 37.3. The highest BCUT2D eigenvalue weighted by molar-refractivity contribution is 6.24. The Morgan fingerprint density at radius 2 is 0.725 bits per heavy atom. The molecule has 4 aromatic heterocycles. The average Bonchev–Trinajstić information content (AvgIpc) is 4.07. The van der Waals surface area contributed by atoms with Gasteiger partial charge in [-0.25, -0.2) is 4.98 Å². The number of nitrogens with zero attached hydrogens (tertiary/aromatic N) is 6. The number of aromatic nitrogens is 6. The first kappa shape index (κ1) is 38.8. The van der Waals surface area contributed by atoms with Crippen molar-refractivity contribution in [3.63, 3.8) is 0 Å². The summed E-state index contributed by atoms with van der Waals surface area (Å²) in [6.45, 7) is 0. The minimum atomic E-state index is 0.545. The molecule has 0 unspecified atom stereocenters. The van der Waals surface area contributed by atoms with Gasteiger partial charge in [-0.15, -0.1) is 0 Å². The highest BCUT2D eigenvalue weighted by Crippen LogP contribution is 2.45. The molecule has 0 N–H and O–H groups in total. The van der Waals surface area contributed by atoms with E-state index in [1.807, 2.05) is 24.3 Å². The maximum atomic E-state index is 5.47. The van der Waals surface area contributed by atoms with Gasteiger partial charge < -0.3 is 9.13 Å². The van der Waals surface area contributed by atoms with E-state index in [2.05, 4.69) is 232 Å². The van der Waals surface area contributed by atoms with Crippen LogP contribution in [0.1, 0.15) is 0 Å². The highest BCUT2D eigenvalue weighted by Gasteiger charge is 2.26. The fourth-order valence-electron chi connectivity index (χ4n) is 10.6. The summed E-state index contributed by atoms with van der Waals surface area (Å²) in [6.07, 6.45) is 0. The van der Waals surface area contributed by atoms with Crippen molar-refractivity contribution in [2.75, 3.05) is 0 Å². The van der Waals surface area contributed by atoms with Gasteiger partial charge in [-0.3, -0.25) is 4.57 Å². The smallest absolute Gasteiger partial charge is 0.238 e. The summed E-state index contributed by atoms with van der Waals surface area (Å²) in [6, 6.07) is 86.4. The Balaban J connectivity index is 1.12. The molecule has 6 nitrogen and oxygen atoms in total. The molecule has 4 heterocycles. The lowest BCUT2D eigenvalue weighted by atomic mass is 10.0. The third-order valence-corrected chi connectivity index (χ3v) is 13.7. The third kappa shape index (κ3) is 6.16. The zero-order chi connectivity index (χ0) is 45.4. The summed E-state index contributed by atoms with van der Waals surface area (Å²) < 4.78 is 7.19. The number of rotatable bonds is 7. The molecular formula is C63H40N6. The van der Waals surface area contributed by atoms with Crippen molar-refractivity contribution < 1.29 is 0 Å². The van der Waals surface area contributed by atoms with Gasteiger partial charge in [0.05, 0.1) is 38.8 Å². The maximum absolute atomic E-state index is 5.47. The molecule has 322 valence electrons. The van der Waals surface area contributed by atoms with Crippen molar-refractivity contribution in [1.29, 1.82) is 0 Å². The van der Waals surface area contributed by atoms with Crippen molar-refractivity contribution in [3.8, 4) is 62.4 Å². The van der Waals surface area contributed by atoms with Crippen LogP contribution in [0.3, 0.4) is 0 Å². The summed E-state index contributed by atoms with van der Waals surface area (Å²) >= 11 is 0. The quantitative estimate of drug-likeness (QED) is 0.160. The Morgan fingerprint density at radius 1 is 0.261 bits per heavy atom. The Kier molecular flexibility index (Phi) is 8.79. The molecule has 0 aliphatic carbocycles. The van der Waals surface area contributed by atoms with E-state index in [1.54, 1.807) is 0 Å². The molecule has 0 fully saturated rings. The van der Waals surface area contributed by atoms with Crippen LogP contribution in [0.2, 0.25) is 0 Å². The van der Waals surface area contributed by atoms with E-state index in [9.17, 15) is 0 Å². The number of fused-ring (bicyclic) bond motifs is 10. The standard InChI is InChI=1S/C63H40N6/c1-5-20-41(21-6-1)44-26-19-27-45(38-44)62-64-61(43-24-9-3-10-25-43)65-63(66-62)69-56-35-18-14-31-48(56)51-37-36-50-47-30-13-17-34-55(47)68(59(50)60(51)69)57-40-53-49-32-15-16-33-54(49)67(46-28-11-4-12-29-46)58(53)39-52(57)42-22-7-2-8-23-42/h1-40H. The van der Waals surface area contributed by atoms with Crippen LogP contribution in [0.5, 0.6) is 0 Å². The van der Waals surface area contributed by atoms with Gasteiger partial charge in [0.15, 0.2) is 11.6 Å². The second-order valence-electron chi connectivity index (χ2n) is 17.6. The van der Waals surface area contributed by atoms with E-state index < -0.39 is 0 Å². The molecule has 10 aromatic carbocycles. The largest absolute Gasteiger partial charge is 0.309 e. The SMILES string of the molecule is c1ccc(-c2cccc(-c3nc(-c4ccccc4)nc(-n4c5ccccc5c5ccc6c7ccccc7n(-c7cc8c9ccccc9n(-c9ccccc9)c8cc7-c7ccccc7)c6c54)n3)c2)cc1. The van der Waals surface area contributed by atoms with E-state index >= 15 is 0 Å². The molecule has 0 bridgehead atoms. The first-order valence-electron chi connectivity index (χ1n) is 23.4. The van der Waals surface area contributed by atoms with Gasteiger partial charge in [-0.05, 0) is 65.2 Å². The minimum absolute atomic E-state index is 0.545. The molecule has 14 rings (SSSR count). The van der Waals surface area contributed by atoms with Crippen LogP contribution in [0.4, 0.5) is 0 Å². The van der Waals surface area contributed by atoms with Crippen molar-refractivity contribution in [1.82, 2.24) is 28.7 Å². The first-order chi connectivity index (χ1) is 34.2. The molecule has 0 aliphatic rings. The molecular weight excluding hydrogens is 841 g/mol. The minimum Gasteiger partial charge on any atom is -0.309 e. The van der Waals surface area contributed by atoms with Gasteiger partial charge in [0.1, 0.15) is 0 Å². The topological polar surface area (TPSA) is 53.5 Å². The second-order valence-corrected chi connectivity index (χ2v) is 17.6. The highest BCUT2D eigenvalue weighted by atomic mass is 15.2. The summed E-state index contributed by atoms with van der Waals surface area (Å²) in [5, 5.41) is 6.90. The molecule has 0 spiro atoms. The molecule has 0 amide bonds. The van der Waals surface area contributed by atoms with Crippen molar-refractivity contribution >= 4 is 65.4 Å². The van der Waals surface area contributed by atoms with Gasteiger partial charge in [0.2, 0.25) is 5.95 Å². The van der Waals surface area contributed by atoms with E-state index in [4.69, 9.17) is 15.0 Å². The van der Waals surface area contributed by atoms with Crippen molar-refractivity contribution in [2.45, 2.75) is 0 Å². The van der Waals surface area contributed by atoms with E-state index in [-0.39, 0.29) is 0 Å². The zero-order valence-corrected chi connectivity index (χ0v) is 37.3. The molecule has 0 aliphatic heterocycles. The Morgan fingerprint density at radius 3 is 1.36 bits per heavy atom. The molecule has 0 saturated heterocycles. The average molecular weight is 881 g/mol. The van der Waals surface area contributed by atoms with Crippen LogP contribution in [-0.2, 0) is 0 Å². The summed E-state index contributed by atoms with van der Waals surface area (Å²) in [4.78, 5) is 16.1. The number of hydrogen-bond acceptors (Lipinski definition) is 3. The molecule has 69 heavy (non-hydrogen) atoms. The monoisotopic (exact) mass is 880 g/mol. The Labute approximate surface area is 397 Å². The summed E-state index contributed by atoms with van der Waals surface area (Å²) in [5.41, 5.74) is 15.0. The van der Waals surface area contributed by atoms with Crippen LogP contribution in [0.25, 0.3) is 128 Å². The van der Waals surface area contributed by atoms with E-state index in [0.717, 1.165) is 99.4 Å². The molecule has 6 heteroatoms. The number of hydrogen-bond donors (Lipinski definition) is 0. The normalized spacial score (nSPS) is 11.8.